The van der Waals surface area contributed by atoms with Crippen LogP contribution in [0.15, 0.2) is 12.4 Å². The van der Waals surface area contributed by atoms with Gasteiger partial charge in [-0.25, -0.2) is 0 Å². The van der Waals surface area contributed by atoms with Crippen LogP contribution < -0.4 is 0 Å². The van der Waals surface area contributed by atoms with Crippen molar-refractivity contribution in [2.45, 2.75) is 46.1 Å². The third kappa shape index (κ3) is 2.99. The van der Waals surface area contributed by atoms with Crippen LogP contribution in [0.2, 0.25) is 0 Å². The van der Waals surface area contributed by atoms with E-state index in [9.17, 15) is 9.59 Å². The highest BCUT2D eigenvalue weighted by Gasteiger charge is 2.45. The Morgan fingerprint density at radius 3 is 2.61 bits per heavy atom. The van der Waals surface area contributed by atoms with E-state index >= 15 is 0 Å². The zero-order chi connectivity index (χ0) is 16.6. The van der Waals surface area contributed by atoms with Crippen LogP contribution in [-0.2, 0) is 9.59 Å². The Morgan fingerprint density at radius 2 is 2.09 bits per heavy atom. The Balaban J connectivity index is 1.61. The highest BCUT2D eigenvalue weighted by Crippen LogP contribution is 2.41. The lowest BCUT2D eigenvalue weighted by Crippen LogP contribution is -2.46. The van der Waals surface area contributed by atoms with Crippen molar-refractivity contribution in [3.63, 3.8) is 0 Å². The number of likely N-dealkylation sites (tertiary alicyclic amines) is 2. The van der Waals surface area contributed by atoms with Crippen molar-refractivity contribution in [1.29, 1.82) is 0 Å². The monoisotopic (exact) mass is 318 g/mol. The second-order valence-electron chi connectivity index (χ2n) is 7.08. The van der Waals surface area contributed by atoms with E-state index in [-0.39, 0.29) is 23.3 Å². The fourth-order valence-electron chi connectivity index (χ4n) is 3.83. The average molecular weight is 318 g/mol. The summed E-state index contributed by atoms with van der Waals surface area (Å²) >= 11 is 0. The van der Waals surface area contributed by atoms with Crippen molar-refractivity contribution in [3.8, 4) is 0 Å². The summed E-state index contributed by atoms with van der Waals surface area (Å²) in [6.45, 7) is 9.04. The number of amides is 2. The van der Waals surface area contributed by atoms with E-state index in [2.05, 4.69) is 5.10 Å². The molecule has 0 aromatic carbocycles. The fraction of sp³-hybridized carbons (Fsp3) is 0.706. The molecule has 6 heteroatoms. The standard InChI is InChI=1S/C17H26N4O2/c1-4-19-12-17(9-15(19)22)5-7-20(8-6-17)16(23)14(3)21-11-13(2)10-18-21/h10-11,14H,4-9,12H2,1-3H3. The van der Waals surface area contributed by atoms with E-state index in [1.165, 1.54) is 0 Å². The van der Waals surface area contributed by atoms with E-state index in [0.717, 1.165) is 44.6 Å². The molecular formula is C17H26N4O2. The Labute approximate surface area is 137 Å². The summed E-state index contributed by atoms with van der Waals surface area (Å²) < 4.78 is 1.74. The minimum absolute atomic E-state index is 0.0927. The first-order valence-corrected chi connectivity index (χ1v) is 8.51. The maximum atomic E-state index is 12.7. The van der Waals surface area contributed by atoms with Gasteiger partial charge >= 0.3 is 0 Å². The normalized spacial score (nSPS) is 22.0. The van der Waals surface area contributed by atoms with E-state index in [0.29, 0.717) is 6.42 Å². The molecule has 0 radical (unpaired) electrons. The number of piperidine rings is 1. The van der Waals surface area contributed by atoms with Crippen LogP contribution in [0.25, 0.3) is 0 Å². The molecule has 0 bridgehead atoms. The second kappa shape index (κ2) is 5.98. The number of rotatable bonds is 3. The van der Waals surface area contributed by atoms with Crippen molar-refractivity contribution >= 4 is 11.8 Å². The van der Waals surface area contributed by atoms with Crippen LogP contribution in [-0.4, -0.2) is 57.6 Å². The molecule has 1 spiro atoms. The molecule has 3 heterocycles. The number of aromatic nitrogens is 2. The fourth-order valence-corrected chi connectivity index (χ4v) is 3.83. The number of carbonyl (C=O) groups excluding carboxylic acids is 2. The third-order valence-corrected chi connectivity index (χ3v) is 5.41. The molecule has 1 aromatic heterocycles. The number of carbonyl (C=O) groups is 2. The van der Waals surface area contributed by atoms with Crippen molar-refractivity contribution in [2.24, 2.45) is 5.41 Å². The summed E-state index contributed by atoms with van der Waals surface area (Å²) in [7, 11) is 0. The Kier molecular flexibility index (Phi) is 4.17. The quantitative estimate of drug-likeness (QED) is 0.851. The van der Waals surface area contributed by atoms with Gasteiger partial charge in [0.15, 0.2) is 0 Å². The molecule has 6 nitrogen and oxygen atoms in total. The zero-order valence-corrected chi connectivity index (χ0v) is 14.3. The van der Waals surface area contributed by atoms with E-state index < -0.39 is 0 Å². The summed E-state index contributed by atoms with van der Waals surface area (Å²) in [5.41, 5.74) is 1.15. The molecule has 2 aliphatic heterocycles. The first-order chi connectivity index (χ1) is 10.9. The van der Waals surface area contributed by atoms with Crippen molar-refractivity contribution in [3.05, 3.63) is 18.0 Å². The Hall–Kier alpha value is -1.85. The zero-order valence-electron chi connectivity index (χ0n) is 14.3. The SMILES string of the molecule is CCN1CC2(CCN(C(=O)C(C)n3cc(C)cn3)CC2)CC1=O. The van der Waals surface area contributed by atoms with Gasteiger partial charge in [-0.1, -0.05) is 0 Å². The molecule has 1 unspecified atom stereocenters. The van der Waals surface area contributed by atoms with Crippen LogP contribution in [0.4, 0.5) is 0 Å². The van der Waals surface area contributed by atoms with Crippen LogP contribution >= 0.6 is 0 Å². The predicted molar refractivity (Wildman–Crippen MR) is 86.8 cm³/mol. The second-order valence-corrected chi connectivity index (χ2v) is 7.08. The molecule has 2 aliphatic rings. The molecular weight excluding hydrogens is 292 g/mol. The Morgan fingerprint density at radius 1 is 1.39 bits per heavy atom. The minimum atomic E-state index is -0.268. The lowest BCUT2D eigenvalue weighted by atomic mass is 9.77. The van der Waals surface area contributed by atoms with Gasteiger partial charge in [-0.05, 0) is 39.2 Å². The maximum absolute atomic E-state index is 12.7. The molecule has 0 N–H and O–H groups in total. The Bertz CT molecular complexity index is 601. The van der Waals surface area contributed by atoms with Gasteiger partial charge in [0.25, 0.3) is 0 Å². The molecule has 0 aliphatic carbocycles. The van der Waals surface area contributed by atoms with Gasteiger partial charge in [-0.3, -0.25) is 14.3 Å². The summed E-state index contributed by atoms with van der Waals surface area (Å²) in [6, 6.07) is -0.268. The van der Waals surface area contributed by atoms with E-state index in [1.54, 1.807) is 10.9 Å². The number of hydrogen-bond donors (Lipinski definition) is 0. The van der Waals surface area contributed by atoms with Crippen LogP contribution in [0.3, 0.4) is 0 Å². The summed E-state index contributed by atoms with van der Waals surface area (Å²) in [6.07, 6.45) is 6.18. The average Bonchev–Trinajstić information content (AvgIpc) is 3.10. The van der Waals surface area contributed by atoms with Crippen LogP contribution in [0.1, 0.15) is 44.7 Å². The molecule has 23 heavy (non-hydrogen) atoms. The van der Waals surface area contributed by atoms with Crippen molar-refractivity contribution in [2.75, 3.05) is 26.2 Å². The van der Waals surface area contributed by atoms with Gasteiger partial charge in [0.1, 0.15) is 6.04 Å². The van der Waals surface area contributed by atoms with Gasteiger partial charge in [0, 0.05) is 44.2 Å². The van der Waals surface area contributed by atoms with Crippen LogP contribution in [0.5, 0.6) is 0 Å². The molecule has 2 amide bonds. The maximum Gasteiger partial charge on any atom is 0.247 e. The summed E-state index contributed by atoms with van der Waals surface area (Å²) in [5.74, 6) is 0.396. The van der Waals surface area contributed by atoms with Gasteiger partial charge in [-0.2, -0.15) is 5.10 Å². The van der Waals surface area contributed by atoms with Gasteiger partial charge in [-0.15, -0.1) is 0 Å². The highest BCUT2D eigenvalue weighted by molar-refractivity contribution is 5.81. The summed E-state index contributed by atoms with van der Waals surface area (Å²) in [5, 5.41) is 4.25. The van der Waals surface area contributed by atoms with Crippen molar-refractivity contribution in [1.82, 2.24) is 19.6 Å². The lowest BCUT2D eigenvalue weighted by molar-refractivity contribution is -0.136. The van der Waals surface area contributed by atoms with Gasteiger partial charge < -0.3 is 9.80 Å². The smallest absolute Gasteiger partial charge is 0.247 e. The number of hydrogen-bond acceptors (Lipinski definition) is 3. The number of nitrogens with zero attached hydrogens (tertiary/aromatic N) is 4. The van der Waals surface area contributed by atoms with E-state index in [1.807, 2.05) is 36.8 Å². The molecule has 1 atom stereocenters. The van der Waals surface area contributed by atoms with Gasteiger partial charge in [0.2, 0.25) is 11.8 Å². The molecule has 3 rings (SSSR count). The molecule has 2 fully saturated rings. The lowest BCUT2D eigenvalue weighted by Gasteiger charge is -2.39. The molecule has 1 aromatic rings. The topological polar surface area (TPSA) is 58.4 Å². The van der Waals surface area contributed by atoms with E-state index in [4.69, 9.17) is 0 Å². The predicted octanol–water partition coefficient (Wildman–Crippen LogP) is 1.61. The first-order valence-electron chi connectivity index (χ1n) is 8.51. The van der Waals surface area contributed by atoms with Crippen molar-refractivity contribution < 1.29 is 9.59 Å². The molecule has 0 saturated carbocycles. The van der Waals surface area contributed by atoms with Crippen LogP contribution in [0, 0.1) is 12.3 Å². The third-order valence-electron chi connectivity index (χ3n) is 5.41. The largest absolute Gasteiger partial charge is 0.342 e. The molecule has 126 valence electrons. The molecule has 2 saturated heterocycles. The van der Waals surface area contributed by atoms with Gasteiger partial charge in [0.05, 0.1) is 6.20 Å². The minimum Gasteiger partial charge on any atom is -0.342 e. The highest BCUT2D eigenvalue weighted by atomic mass is 16.2. The number of aryl methyl sites for hydroxylation is 1. The first kappa shape index (κ1) is 16.0. The summed E-state index contributed by atoms with van der Waals surface area (Å²) in [4.78, 5) is 28.6.